The molecule has 1 aliphatic heterocycles. The van der Waals surface area contributed by atoms with E-state index in [1.54, 1.807) is 6.92 Å². The summed E-state index contributed by atoms with van der Waals surface area (Å²) in [7, 11) is 0. The molecule has 0 fully saturated rings. The molecule has 0 unspecified atom stereocenters. The number of rotatable bonds is 10. The lowest BCUT2D eigenvalue weighted by molar-refractivity contribution is -0.124. The Kier molecular flexibility index (Phi) is 7.35. The van der Waals surface area contributed by atoms with Gasteiger partial charge in [0.2, 0.25) is 5.91 Å². The zero-order valence-corrected chi connectivity index (χ0v) is 18.3. The molecule has 0 bridgehead atoms. The number of carbonyl (C=O) groups excluding carboxylic acids is 4. The number of unbranched alkanes of at least 4 members (excludes halogenated alkanes) is 2. The van der Waals surface area contributed by atoms with Gasteiger partial charge in [-0.2, -0.15) is 0 Å². The third-order valence-electron chi connectivity index (χ3n) is 5.38. The molecule has 8 heteroatoms. The minimum Gasteiger partial charge on any atom is -0.505 e. The van der Waals surface area contributed by atoms with E-state index < -0.39 is 11.8 Å². The number of pyridine rings is 1. The second kappa shape index (κ2) is 10.2. The first-order chi connectivity index (χ1) is 15.3. The summed E-state index contributed by atoms with van der Waals surface area (Å²) >= 11 is 0. The molecule has 0 atom stereocenters. The summed E-state index contributed by atoms with van der Waals surface area (Å²) in [5.74, 6) is -1.50. The highest BCUT2D eigenvalue weighted by Gasteiger charge is 2.40. The van der Waals surface area contributed by atoms with Gasteiger partial charge in [-0.3, -0.25) is 29.1 Å². The second-order valence-electron chi connectivity index (χ2n) is 7.96. The van der Waals surface area contributed by atoms with E-state index in [9.17, 15) is 24.3 Å². The third kappa shape index (κ3) is 5.19. The van der Waals surface area contributed by atoms with Crippen molar-refractivity contribution in [3.05, 3.63) is 58.4 Å². The maximum absolute atomic E-state index is 12.9. The number of fused-ring (bicyclic) bond motifs is 1. The van der Waals surface area contributed by atoms with E-state index in [4.69, 9.17) is 0 Å². The Morgan fingerprint density at radius 1 is 1.03 bits per heavy atom. The molecule has 0 spiro atoms. The Hall–Kier alpha value is -3.55. The van der Waals surface area contributed by atoms with Crippen LogP contribution in [0.25, 0.3) is 0 Å². The maximum Gasteiger partial charge on any atom is 0.265 e. The van der Waals surface area contributed by atoms with Gasteiger partial charge in [0.15, 0.2) is 5.75 Å². The lowest BCUT2D eigenvalue weighted by Gasteiger charge is -2.13. The zero-order valence-electron chi connectivity index (χ0n) is 18.3. The number of aryl methyl sites for hydroxylation is 1. The molecular formula is C24H27N3O5. The van der Waals surface area contributed by atoms with Crippen LogP contribution >= 0.6 is 0 Å². The number of aromatic nitrogens is 1. The second-order valence-corrected chi connectivity index (χ2v) is 7.96. The standard InChI is InChI=1S/C24H27N3O5/c1-15(28)14-25-19(29)11-7-4-8-12-27-23(31)20-16(2)26-18(22(30)21(20)24(27)32)13-17-9-5-3-6-10-17/h3,5-6,9-10,30H,4,7-8,11-14H2,1-2H3,(H,25,29). The van der Waals surface area contributed by atoms with Crippen molar-refractivity contribution in [1.82, 2.24) is 15.2 Å². The molecule has 2 heterocycles. The molecule has 1 aromatic heterocycles. The van der Waals surface area contributed by atoms with Gasteiger partial charge in [0.25, 0.3) is 11.8 Å². The van der Waals surface area contributed by atoms with Crippen LogP contribution < -0.4 is 5.32 Å². The monoisotopic (exact) mass is 437 g/mol. The smallest absolute Gasteiger partial charge is 0.265 e. The van der Waals surface area contributed by atoms with E-state index in [1.807, 2.05) is 30.3 Å². The first-order valence-corrected chi connectivity index (χ1v) is 10.7. The Morgan fingerprint density at radius 2 is 1.72 bits per heavy atom. The van der Waals surface area contributed by atoms with Gasteiger partial charge in [-0.25, -0.2) is 0 Å². The summed E-state index contributed by atoms with van der Waals surface area (Å²) in [5, 5.41) is 13.3. The van der Waals surface area contributed by atoms with Crippen LogP contribution in [0.4, 0.5) is 0 Å². The molecule has 0 saturated heterocycles. The topological polar surface area (TPSA) is 117 Å². The number of imide groups is 1. The van der Waals surface area contributed by atoms with Crippen LogP contribution in [0.2, 0.25) is 0 Å². The van der Waals surface area contributed by atoms with E-state index in [1.165, 1.54) is 6.92 Å². The molecule has 3 amide bonds. The number of hydrogen-bond acceptors (Lipinski definition) is 6. The largest absolute Gasteiger partial charge is 0.505 e. The molecule has 1 aromatic carbocycles. The van der Waals surface area contributed by atoms with E-state index in [-0.39, 0.29) is 48.1 Å². The Morgan fingerprint density at radius 3 is 2.41 bits per heavy atom. The number of nitrogens with one attached hydrogen (secondary N) is 1. The molecule has 0 saturated carbocycles. The first-order valence-electron chi connectivity index (χ1n) is 10.7. The molecule has 3 rings (SSSR count). The van der Waals surface area contributed by atoms with Crippen LogP contribution in [0.15, 0.2) is 30.3 Å². The number of carbonyl (C=O) groups is 4. The maximum atomic E-state index is 12.9. The summed E-state index contributed by atoms with van der Waals surface area (Å²) in [6, 6.07) is 9.47. The molecule has 1 aliphatic rings. The molecule has 2 N–H and O–H groups in total. The van der Waals surface area contributed by atoms with Gasteiger partial charge in [0, 0.05) is 19.4 Å². The van der Waals surface area contributed by atoms with Crippen molar-refractivity contribution in [2.75, 3.05) is 13.1 Å². The Labute approximate surface area is 186 Å². The number of Topliss-reactive ketones (excluding diaryl/α,β-unsaturated/α-hetero) is 1. The lowest BCUT2D eigenvalue weighted by Crippen LogP contribution is -2.31. The van der Waals surface area contributed by atoms with Gasteiger partial charge < -0.3 is 10.4 Å². The van der Waals surface area contributed by atoms with Crippen LogP contribution in [0.3, 0.4) is 0 Å². The van der Waals surface area contributed by atoms with E-state index >= 15 is 0 Å². The fourth-order valence-corrected chi connectivity index (χ4v) is 3.75. The predicted octanol–water partition coefficient (Wildman–Crippen LogP) is 2.55. The van der Waals surface area contributed by atoms with Crippen LogP contribution in [0, 0.1) is 6.92 Å². The normalized spacial score (nSPS) is 12.8. The summed E-state index contributed by atoms with van der Waals surface area (Å²) in [6.45, 7) is 3.30. The quantitative estimate of drug-likeness (QED) is 0.436. The van der Waals surface area contributed by atoms with Crippen LogP contribution in [-0.2, 0) is 16.0 Å². The predicted molar refractivity (Wildman–Crippen MR) is 117 cm³/mol. The van der Waals surface area contributed by atoms with Crippen molar-refractivity contribution < 1.29 is 24.3 Å². The van der Waals surface area contributed by atoms with Gasteiger partial charge in [0.1, 0.15) is 5.78 Å². The lowest BCUT2D eigenvalue weighted by atomic mass is 10.0. The van der Waals surface area contributed by atoms with E-state index in [2.05, 4.69) is 10.3 Å². The molecule has 0 aliphatic carbocycles. The highest BCUT2D eigenvalue weighted by molar-refractivity contribution is 6.23. The summed E-state index contributed by atoms with van der Waals surface area (Å²) in [4.78, 5) is 53.8. The van der Waals surface area contributed by atoms with Gasteiger partial charge in [-0.15, -0.1) is 0 Å². The van der Waals surface area contributed by atoms with Crippen LogP contribution in [0.5, 0.6) is 5.75 Å². The summed E-state index contributed by atoms with van der Waals surface area (Å²) < 4.78 is 0. The number of aromatic hydroxyl groups is 1. The number of nitrogens with zero attached hydrogens (tertiary/aromatic N) is 2. The van der Waals surface area contributed by atoms with Crippen molar-refractivity contribution in [2.24, 2.45) is 0 Å². The molecule has 0 radical (unpaired) electrons. The number of amides is 3. The van der Waals surface area contributed by atoms with E-state index in [0.717, 1.165) is 10.5 Å². The van der Waals surface area contributed by atoms with Crippen molar-refractivity contribution >= 4 is 23.5 Å². The molecule has 32 heavy (non-hydrogen) atoms. The van der Waals surface area contributed by atoms with Crippen molar-refractivity contribution in [3.63, 3.8) is 0 Å². The fraction of sp³-hybridized carbons (Fsp3) is 0.375. The first kappa shape index (κ1) is 23.1. The number of ketones is 1. The van der Waals surface area contributed by atoms with Crippen molar-refractivity contribution in [2.45, 2.75) is 46.0 Å². The SMILES string of the molecule is CC(=O)CNC(=O)CCCCCN1C(=O)c2c(C)nc(Cc3ccccc3)c(O)c2C1=O. The summed E-state index contributed by atoms with van der Waals surface area (Å²) in [5.41, 5.74) is 1.92. The Balaban J connectivity index is 1.61. The van der Waals surface area contributed by atoms with Crippen LogP contribution in [0.1, 0.15) is 70.3 Å². The molecule has 168 valence electrons. The fourth-order valence-electron chi connectivity index (χ4n) is 3.75. The average molecular weight is 437 g/mol. The van der Waals surface area contributed by atoms with Crippen molar-refractivity contribution in [1.29, 1.82) is 0 Å². The zero-order chi connectivity index (χ0) is 23.3. The molecule has 8 nitrogen and oxygen atoms in total. The van der Waals surface area contributed by atoms with Gasteiger partial charge in [-0.05, 0) is 32.3 Å². The minimum absolute atomic E-state index is 0.0248. The van der Waals surface area contributed by atoms with Gasteiger partial charge >= 0.3 is 0 Å². The Bertz CT molecular complexity index is 1050. The van der Waals surface area contributed by atoms with Gasteiger partial charge in [0.05, 0.1) is 29.1 Å². The molecular weight excluding hydrogens is 410 g/mol. The minimum atomic E-state index is -0.512. The third-order valence-corrected chi connectivity index (χ3v) is 5.38. The molecule has 2 aromatic rings. The highest BCUT2D eigenvalue weighted by Crippen LogP contribution is 2.35. The number of hydrogen-bond donors (Lipinski definition) is 2. The van der Waals surface area contributed by atoms with Gasteiger partial charge in [-0.1, -0.05) is 36.8 Å². The van der Waals surface area contributed by atoms with Crippen molar-refractivity contribution in [3.8, 4) is 5.75 Å². The highest BCUT2D eigenvalue weighted by atomic mass is 16.3. The van der Waals surface area contributed by atoms with E-state index in [0.29, 0.717) is 37.1 Å². The summed E-state index contributed by atoms with van der Waals surface area (Å²) in [6.07, 6.45) is 2.40. The van der Waals surface area contributed by atoms with Crippen LogP contribution in [-0.4, -0.2) is 51.6 Å². The average Bonchev–Trinajstić information content (AvgIpc) is 3.01. The number of benzene rings is 1.